The molecular weight excluding hydrogens is 165 g/mol. The van der Waals surface area contributed by atoms with Crippen LogP contribution < -0.4 is 0 Å². The number of hydrogen-bond acceptors (Lipinski definition) is 1. The molecule has 0 atom stereocenters. The third-order valence-corrected chi connectivity index (χ3v) is 2.62. The minimum atomic E-state index is 0.0993. The van der Waals surface area contributed by atoms with Crippen LogP contribution in [0.15, 0.2) is 4.74 Å². The molecule has 0 aliphatic heterocycles. The van der Waals surface area contributed by atoms with E-state index in [-0.39, 0.29) is 5.54 Å². The number of hydrogen-bond donors (Lipinski definition) is 0. The SMILES string of the molecule is CC(C)(C)CCCC(C)(C)N=P. The number of rotatable bonds is 4. The molecule has 0 aliphatic rings. The molecule has 0 aromatic carbocycles. The van der Waals surface area contributed by atoms with Crippen molar-refractivity contribution in [2.75, 3.05) is 0 Å². The zero-order valence-corrected chi connectivity index (χ0v) is 10.1. The lowest BCUT2D eigenvalue weighted by Gasteiger charge is -2.22. The highest BCUT2D eigenvalue weighted by Crippen LogP contribution is 2.26. The van der Waals surface area contributed by atoms with Gasteiger partial charge >= 0.3 is 0 Å². The fourth-order valence-electron chi connectivity index (χ4n) is 1.11. The zero-order valence-electron chi connectivity index (χ0n) is 9.07. The molecule has 0 rings (SSSR count). The quantitative estimate of drug-likeness (QED) is 0.581. The fourth-order valence-corrected chi connectivity index (χ4v) is 1.22. The fraction of sp³-hybridized carbons (Fsp3) is 1.00. The summed E-state index contributed by atoms with van der Waals surface area (Å²) in [4.78, 5) is 0. The van der Waals surface area contributed by atoms with Gasteiger partial charge in [-0.1, -0.05) is 27.2 Å². The molecule has 0 aromatic rings. The van der Waals surface area contributed by atoms with Gasteiger partial charge in [0.2, 0.25) is 0 Å². The van der Waals surface area contributed by atoms with Crippen LogP contribution in [0.2, 0.25) is 0 Å². The first-order chi connectivity index (χ1) is 5.27. The number of nitrogens with zero attached hydrogens (tertiary/aromatic N) is 1. The summed E-state index contributed by atoms with van der Waals surface area (Å²) < 4.78 is 4.15. The maximum Gasteiger partial charge on any atom is 0.0592 e. The largest absolute Gasteiger partial charge is 0.266 e. The Balaban J connectivity index is 3.64. The predicted octanol–water partition coefficient (Wildman–Crippen LogP) is 4.31. The summed E-state index contributed by atoms with van der Waals surface area (Å²) in [6, 6.07) is 0. The van der Waals surface area contributed by atoms with Gasteiger partial charge in [0.05, 0.1) is 5.54 Å². The highest BCUT2D eigenvalue weighted by molar-refractivity contribution is 7.04. The summed E-state index contributed by atoms with van der Waals surface area (Å²) in [6.45, 7) is 11.2. The summed E-state index contributed by atoms with van der Waals surface area (Å²) in [7, 11) is 3.22. The second-order valence-electron chi connectivity index (χ2n) is 5.34. The zero-order chi connectivity index (χ0) is 9.83. The summed E-state index contributed by atoms with van der Waals surface area (Å²) >= 11 is 0. The van der Waals surface area contributed by atoms with Crippen LogP contribution >= 0.6 is 9.03 Å². The first-order valence-corrected chi connectivity index (χ1v) is 5.10. The lowest BCUT2D eigenvalue weighted by molar-refractivity contribution is 0.336. The van der Waals surface area contributed by atoms with Crippen LogP contribution in [0.25, 0.3) is 0 Å². The molecule has 0 bridgehead atoms. The van der Waals surface area contributed by atoms with E-state index >= 15 is 0 Å². The maximum atomic E-state index is 4.15. The van der Waals surface area contributed by atoms with Gasteiger partial charge in [-0.2, -0.15) is 0 Å². The summed E-state index contributed by atoms with van der Waals surface area (Å²) in [6.07, 6.45) is 3.69. The molecule has 0 N–H and O–H groups in total. The van der Waals surface area contributed by atoms with Gasteiger partial charge in [-0.3, -0.25) is 4.74 Å². The second kappa shape index (κ2) is 4.37. The van der Waals surface area contributed by atoms with Crippen molar-refractivity contribution in [2.24, 2.45) is 10.2 Å². The average molecular weight is 187 g/mol. The van der Waals surface area contributed by atoms with Gasteiger partial charge in [-0.25, -0.2) is 0 Å². The molecule has 0 fully saturated rings. The molecule has 0 radical (unpaired) electrons. The molecule has 0 unspecified atom stereocenters. The van der Waals surface area contributed by atoms with Gasteiger partial charge < -0.3 is 0 Å². The molecule has 0 heterocycles. The Morgan fingerprint density at radius 3 is 1.83 bits per heavy atom. The van der Waals surface area contributed by atoms with E-state index < -0.39 is 0 Å². The van der Waals surface area contributed by atoms with E-state index in [4.69, 9.17) is 0 Å². The first-order valence-electron chi connectivity index (χ1n) is 4.65. The smallest absolute Gasteiger partial charge is 0.0592 e. The van der Waals surface area contributed by atoms with Gasteiger partial charge in [0.25, 0.3) is 0 Å². The van der Waals surface area contributed by atoms with Gasteiger partial charge in [-0.15, -0.1) is 0 Å². The van der Waals surface area contributed by atoms with Crippen LogP contribution in [-0.4, -0.2) is 5.54 Å². The van der Waals surface area contributed by atoms with Crippen LogP contribution in [0, 0.1) is 5.41 Å². The maximum absolute atomic E-state index is 4.15. The normalized spacial score (nSPS) is 13.1. The summed E-state index contributed by atoms with van der Waals surface area (Å²) in [5, 5.41) is 0. The Labute approximate surface area is 79.3 Å². The van der Waals surface area contributed by atoms with E-state index in [0.717, 1.165) is 6.42 Å². The van der Waals surface area contributed by atoms with E-state index in [2.05, 4.69) is 48.4 Å². The predicted molar refractivity (Wildman–Crippen MR) is 58.1 cm³/mol. The highest BCUT2D eigenvalue weighted by atomic mass is 31.0. The molecule has 0 spiro atoms. The summed E-state index contributed by atoms with van der Waals surface area (Å²) in [5.41, 5.74) is 0.559. The van der Waals surface area contributed by atoms with Crippen molar-refractivity contribution in [3.05, 3.63) is 0 Å². The Kier molecular flexibility index (Phi) is 4.40. The van der Waals surface area contributed by atoms with Gasteiger partial charge in [-0.05, 0) is 41.1 Å². The third kappa shape index (κ3) is 6.79. The molecule has 0 saturated heterocycles. The molecule has 0 saturated carbocycles. The van der Waals surface area contributed by atoms with Gasteiger partial charge in [0.15, 0.2) is 0 Å². The molecule has 2 heteroatoms. The van der Waals surface area contributed by atoms with E-state index in [1.807, 2.05) is 0 Å². The molecule has 0 aliphatic carbocycles. The minimum absolute atomic E-state index is 0.0993. The Morgan fingerprint density at radius 1 is 1.00 bits per heavy atom. The average Bonchev–Trinajstić information content (AvgIpc) is 1.84. The van der Waals surface area contributed by atoms with E-state index in [9.17, 15) is 0 Å². The Morgan fingerprint density at radius 2 is 1.50 bits per heavy atom. The van der Waals surface area contributed by atoms with Crippen LogP contribution in [0.4, 0.5) is 0 Å². The Bertz CT molecular complexity index is 144. The summed E-state index contributed by atoms with van der Waals surface area (Å²) in [5.74, 6) is 0. The van der Waals surface area contributed by atoms with E-state index in [1.54, 1.807) is 0 Å². The molecule has 72 valence electrons. The monoisotopic (exact) mass is 187 g/mol. The molecule has 0 amide bonds. The minimum Gasteiger partial charge on any atom is -0.266 e. The first kappa shape index (κ1) is 12.1. The van der Waals surface area contributed by atoms with Gasteiger partial charge in [0.1, 0.15) is 0 Å². The van der Waals surface area contributed by atoms with E-state index in [1.165, 1.54) is 12.8 Å². The van der Waals surface area contributed by atoms with Crippen LogP contribution in [-0.2, 0) is 0 Å². The standard InChI is InChI=1S/C10H22NP/c1-9(2,3)7-6-8-10(4,5)11-12/h12H,6-8H2,1-5H3. The van der Waals surface area contributed by atoms with Crippen molar-refractivity contribution in [1.82, 2.24) is 0 Å². The molecular formula is C10H22NP. The van der Waals surface area contributed by atoms with Crippen LogP contribution in [0.5, 0.6) is 0 Å². The second-order valence-corrected chi connectivity index (χ2v) is 5.56. The van der Waals surface area contributed by atoms with Crippen molar-refractivity contribution >= 4 is 9.03 Å². The lowest BCUT2D eigenvalue weighted by Crippen LogP contribution is -2.16. The van der Waals surface area contributed by atoms with Crippen LogP contribution in [0.1, 0.15) is 53.9 Å². The third-order valence-electron chi connectivity index (χ3n) is 2.02. The van der Waals surface area contributed by atoms with Crippen molar-refractivity contribution in [2.45, 2.75) is 59.4 Å². The molecule has 1 nitrogen and oxygen atoms in total. The molecule has 0 aromatic heterocycles. The highest BCUT2D eigenvalue weighted by Gasteiger charge is 2.16. The van der Waals surface area contributed by atoms with Gasteiger partial charge in [0, 0.05) is 0 Å². The van der Waals surface area contributed by atoms with E-state index in [0.29, 0.717) is 5.41 Å². The Hall–Kier alpha value is 0.100. The van der Waals surface area contributed by atoms with Crippen molar-refractivity contribution < 1.29 is 0 Å². The van der Waals surface area contributed by atoms with Crippen molar-refractivity contribution in [3.8, 4) is 0 Å². The molecule has 12 heavy (non-hydrogen) atoms. The topological polar surface area (TPSA) is 12.4 Å². The van der Waals surface area contributed by atoms with Crippen molar-refractivity contribution in [1.29, 1.82) is 0 Å². The van der Waals surface area contributed by atoms with Crippen molar-refractivity contribution in [3.63, 3.8) is 0 Å². The lowest BCUT2D eigenvalue weighted by atomic mass is 9.87. The van der Waals surface area contributed by atoms with Crippen LogP contribution in [0.3, 0.4) is 0 Å².